The average Bonchev–Trinajstić information content (AvgIpc) is 2.54. The van der Waals surface area contributed by atoms with E-state index in [9.17, 15) is 0 Å². The van der Waals surface area contributed by atoms with Gasteiger partial charge in [0.1, 0.15) is 11.6 Å². The lowest BCUT2D eigenvalue weighted by Crippen LogP contribution is -2.08. The fourth-order valence-corrected chi connectivity index (χ4v) is 1.87. The van der Waals surface area contributed by atoms with E-state index in [0.717, 1.165) is 30.3 Å². The summed E-state index contributed by atoms with van der Waals surface area (Å²) in [7, 11) is 3.36. The molecule has 0 bridgehead atoms. The second kappa shape index (κ2) is 8.11. The first kappa shape index (κ1) is 15.1. The van der Waals surface area contributed by atoms with Gasteiger partial charge in [-0.05, 0) is 23.8 Å². The van der Waals surface area contributed by atoms with Gasteiger partial charge in [-0.2, -0.15) is 0 Å². The SMILES string of the molecule is COCCNc1ccnc(NCc2ccc(OC)cc2)c1. The Bertz CT molecular complexity index is 543. The molecule has 0 saturated heterocycles. The van der Waals surface area contributed by atoms with Crippen molar-refractivity contribution in [1.82, 2.24) is 4.98 Å². The summed E-state index contributed by atoms with van der Waals surface area (Å²) in [5, 5.41) is 6.58. The van der Waals surface area contributed by atoms with Gasteiger partial charge in [0, 0.05) is 38.1 Å². The van der Waals surface area contributed by atoms with Crippen LogP contribution in [0.15, 0.2) is 42.6 Å². The molecule has 0 saturated carbocycles. The van der Waals surface area contributed by atoms with Crippen LogP contribution in [0.25, 0.3) is 0 Å². The van der Waals surface area contributed by atoms with Gasteiger partial charge >= 0.3 is 0 Å². The van der Waals surface area contributed by atoms with Gasteiger partial charge in [-0.1, -0.05) is 12.1 Å². The molecule has 1 aromatic carbocycles. The van der Waals surface area contributed by atoms with Crippen LogP contribution in [0.5, 0.6) is 5.75 Å². The van der Waals surface area contributed by atoms with E-state index in [0.29, 0.717) is 6.61 Å². The second-order valence-corrected chi connectivity index (χ2v) is 4.55. The Morgan fingerprint density at radius 3 is 2.57 bits per heavy atom. The number of aromatic nitrogens is 1. The summed E-state index contributed by atoms with van der Waals surface area (Å²) < 4.78 is 10.2. The van der Waals surface area contributed by atoms with Crippen molar-refractivity contribution in [3.05, 3.63) is 48.2 Å². The molecule has 112 valence electrons. The first-order valence-electron chi connectivity index (χ1n) is 6.87. The van der Waals surface area contributed by atoms with E-state index in [-0.39, 0.29) is 0 Å². The highest BCUT2D eigenvalue weighted by Gasteiger charge is 1.98. The fourth-order valence-electron chi connectivity index (χ4n) is 1.87. The zero-order valence-electron chi connectivity index (χ0n) is 12.4. The Kier molecular flexibility index (Phi) is 5.84. The summed E-state index contributed by atoms with van der Waals surface area (Å²) in [6, 6.07) is 11.9. The van der Waals surface area contributed by atoms with E-state index in [2.05, 4.69) is 15.6 Å². The third-order valence-electron chi connectivity index (χ3n) is 3.03. The molecule has 1 heterocycles. The summed E-state index contributed by atoms with van der Waals surface area (Å²) in [5.74, 6) is 1.70. The largest absolute Gasteiger partial charge is 0.497 e. The maximum Gasteiger partial charge on any atom is 0.128 e. The molecule has 0 atom stereocenters. The zero-order valence-corrected chi connectivity index (χ0v) is 12.4. The monoisotopic (exact) mass is 287 g/mol. The topological polar surface area (TPSA) is 55.4 Å². The average molecular weight is 287 g/mol. The minimum Gasteiger partial charge on any atom is -0.497 e. The highest BCUT2D eigenvalue weighted by Crippen LogP contribution is 2.15. The van der Waals surface area contributed by atoms with E-state index in [4.69, 9.17) is 9.47 Å². The van der Waals surface area contributed by atoms with Crippen molar-refractivity contribution in [2.75, 3.05) is 38.0 Å². The Labute approximate surface area is 125 Å². The van der Waals surface area contributed by atoms with Gasteiger partial charge in [0.05, 0.1) is 13.7 Å². The number of methoxy groups -OCH3 is 2. The maximum absolute atomic E-state index is 5.14. The van der Waals surface area contributed by atoms with Crippen molar-refractivity contribution in [2.45, 2.75) is 6.54 Å². The predicted octanol–water partition coefficient (Wildman–Crippen LogP) is 2.76. The molecular weight excluding hydrogens is 266 g/mol. The summed E-state index contributed by atoms with van der Waals surface area (Å²) in [6.45, 7) is 2.17. The van der Waals surface area contributed by atoms with Crippen LogP contribution in [-0.2, 0) is 11.3 Å². The van der Waals surface area contributed by atoms with Crippen molar-refractivity contribution < 1.29 is 9.47 Å². The molecule has 0 fully saturated rings. The first-order valence-corrected chi connectivity index (χ1v) is 6.87. The van der Waals surface area contributed by atoms with E-state index in [1.165, 1.54) is 5.56 Å². The molecule has 0 radical (unpaired) electrons. The maximum atomic E-state index is 5.14. The van der Waals surface area contributed by atoms with Crippen LogP contribution in [0.1, 0.15) is 5.56 Å². The molecule has 0 unspecified atom stereocenters. The van der Waals surface area contributed by atoms with Crippen LogP contribution < -0.4 is 15.4 Å². The minimum absolute atomic E-state index is 0.678. The van der Waals surface area contributed by atoms with Crippen LogP contribution in [0.2, 0.25) is 0 Å². The van der Waals surface area contributed by atoms with Crippen LogP contribution in [0.3, 0.4) is 0 Å². The van der Waals surface area contributed by atoms with Gasteiger partial charge in [-0.3, -0.25) is 0 Å². The Hall–Kier alpha value is -2.27. The quantitative estimate of drug-likeness (QED) is 0.731. The number of benzene rings is 1. The highest BCUT2D eigenvalue weighted by molar-refractivity contribution is 5.52. The fraction of sp³-hybridized carbons (Fsp3) is 0.312. The molecule has 5 nitrogen and oxygen atoms in total. The minimum atomic E-state index is 0.678. The lowest BCUT2D eigenvalue weighted by molar-refractivity contribution is 0.211. The summed E-state index contributed by atoms with van der Waals surface area (Å²) >= 11 is 0. The predicted molar refractivity (Wildman–Crippen MR) is 84.9 cm³/mol. The van der Waals surface area contributed by atoms with E-state index in [1.807, 2.05) is 36.4 Å². The molecule has 0 spiro atoms. The van der Waals surface area contributed by atoms with Crippen LogP contribution >= 0.6 is 0 Å². The number of anilines is 2. The second-order valence-electron chi connectivity index (χ2n) is 4.55. The van der Waals surface area contributed by atoms with E-state index < -0.39 is 0 Å². The van der Waals surface area contributed by atoms with E-state index in [1.54, 1.807) is 20.4 Å². The Morgan fingerprint density at radius 2 is 1.86 bits per heavy atom. The molecule has 2 N–H and O–H groups in total. The van der Waals surface area contributed by atoms with Gasteiger partial charge in [0.2, 0.25) is 0 Å². The number of ether oxygens (including phenoxy) is 2. The van der Waals surface area contributed by atoms with Crippen LogP contribution in [0.4, 0.5) is 11.5 Å². The zero-order chi connectivity index (χ0) is 14.9. The van der Waals surface area contributed by atoms with Crippen molar-refractivity contribution in [1.29, 1.82) is 0 Å². The molecular formula is C16H21N3O2. The summed E-state index contributed by atoms with van der Waals surface area (Å²) in [5.41, 5.74) is 2.20. The van der Waals surface area contributed by atoms with Crippen LogP contribution in [-0.4, -0.2) is 32.4 Å². The lowest BCUT2D eigenvalue weighted by Gasteiger charge is -2.09. The molecule has 2 rings (SSSR count). The lowest BCUT2D eigenvalue weighted by atomic mass is 10.2. The van der Waals surface area contributed by atoms with Gasteiger partial charge in [0.15, 0.2) is 0 Å². The van der Waals surface area contributed by atoms with Crippen molar-refractivity contribution in [2.24, 2.45) is 0 Å². The van der Waals surface area contributed by atoms with Gasteiger partial charge in [-0.15, -0.1) is 0 Å². The van der Waals surface area contributed by atoms with Crippen molar-refractivity contribution >= 4 is 11.5 Å². The van der Waals surface area contributed by atoms with Crippen molar-refractivity contribution in [3.63, 3.8) is 0 Å². The number of rotatable bonds is 8. The third-order valence-corrected chi connectivity index (χ3v) is 3.03. The number of nitrogens with one attached hydrogen (secondary N) is 2. The summed E-state index contributed by atoms with van der Waals surface area (Å²) in [6.07, 6.45) is 1.78. The number of nitrogens with zero attached hydrogens (tertiary/aromatic N) is 1. The molecule has 0 aliphatic rings. The molecule has 2 aromatic rings. The van der Waals surface area contributed by atoms with Gasteiger partial charge in [0.25, 0.3) is 0 Å². The smallest absolute Gasteiger partial charge is 0.128 e. The Balaban J connectivity index is 1.88. The number of pyridine rings is 1. The third kappa shape index (κ3) is 4.96. The molecule has 5 heteroatoms. The summed E-state index contributed by atoms with van der Waals surface area (Å²) in [4.78, 5) is 4.31. The molecule has 21 heavy (non-hydrogen) atoms. The van der Waals surface area contributed by atoms with Crippen molar-refractivity contribution in [3.8, 4) is 5.75 Å². The number of hydrogen-bond donors (Lipinski definition) is 2. The highest BCUT2D eigenvalue weighted by atomic mass is 16.5. The molecule has 1 aromatic heterocycles. The number of hydrogen-bond acceptors (Lipinski definition) is 5. The molecule has 0 amide bonds. The normalized spacial score (nSPS) is 10.2. The van der Waals surface area contributed by atoms with E-state index >= 15 is 0 Å². The van der Waals surface area contributed by atoms with Crippen LogP contribution in [0, 0.1) is 0 Å². The Morgan fingerprint density at radius 1 is 1.05 bits per heavy atom. The standard InChI is InChI=1S/C16H21N3O2/c1-20-10-9-17-14-7-8-18-16(11-14)19-12-13-3-5-15(21-2)6-4-13/h3-8,11H,9-10,12H2,1-2H3,(H2,17,18,19). The molecule has 0 aliphatic heterocycles. The van der Waals surface area contributed by atoms with Gasteiger partial charge in [-0.25, -0.2) is 4.98 Å². The molecule has 0 aliphatic carbocycles. The van der Waals surface area contributed by atoms with Gasteiger partial charge < -0.3 is 20.1 Å². The first-order chi connectivity index (χ1) is 10.3.